The molecule has 2 aromatic rings. The molecule has 1 aliphatic heterocycles. The first-order chi connectivity index (χ1) is 18.2. The Balaban J connectivity index is 1.72. The molecular formula is C25H34N6O6S. The van der Waals surface area contributed by atoms with E-state index >= 15 is 0 Å². The van der Waals surface area contributed by atoms with E-state index in [2.05, 4.69) is 20.6 Å². The number of hydrogen-bond donors (Lipinski definition) is 6. The largest absolute Gasteiger partial charge is 0.508 e. The average Bonchev–Trinajstić information content (AvgIpc) is 3.59. The Morgan fingerprint density at radius 3 is 2.55 bits per heavy atom. The number of H-pyrrole nitrogens is 1. The van der Waals surface area contributed by atoms with Gasteiger partial charge in [0.15, 0.2) is 0 Å². The van der Waals surface area contributed by atoms with E-state index in [0.717, 1.165) is 0 Å². The van der Waals surface area contributed by atoms with E-state index in [0.29, 0.717) is 42.8 Å². The van der Waals surface area contributed by atoms with Gasteiger partial charge in [0.25, 0.3) is 0 Å². The summed E-state index contributed by atoms with van der Waals surface area (Å²) in [5.74, 6) is -1.97. The zero-order valence-electron chi connectivity index (χ0n) is 21.1. The molecule has 4 atom stereocenters. The maximum absolute atomic E-state index is 13.6. The van der Waals surface area contributed by atoms with Crippen LogP contribution in [-0.4, -0.2) is 91.5 Å². The lowest BCUT2D eigenvalue weighted by Gasteiger charge is -2.30. The summed E-state index contributed by atoms with van der Waals surface area (Å²) in [6.45, 7) is 0.292. The number of phenols is 1. The lowest BCUT2D eigenvalue weighted by molar-refractivity contribution is -0.144. The Bertz CT molecular complexity index is 1100. The average molecular weight is 547 g/mol. The number of nitrogens with one attached hydrogen (secondary N) is 3. The van der Waals surface area contributed by atoms with Crippen molar-refractivity contribution in [3.8, 4) is 5.75 Å². The number of likely N-dealkylation sites (tertiary alicyclic amines) is 1. The minimum atomic E-state index is -1.22. The second-order valence-electron chi connectivity index (χ2n) is 9.19. The van der Waals surface area contributed by atoms with E-state index in [-0.39, 0.29) is 18.6 Å². The molecule has 3 amide bonds. The minimum Gasteiger partial charge on any atom is -0.508 e. The number of carboxylic acids is 1. The molecular weight excluding hydrogens is 512 g/mol. The fourth-order valence-electron chi connectivity index (χ4n) is 4.31. The fraction of sp³-hybridized carbons (Fsp3) is 0.480. The SMILES string of the molecule is CSCCC(N)C(=O)NC(Cc1cnc[nH]1)C(=O)N1CCCC1C(=O)NC(Cc1ccc(O)cc1)C(=O)O. The summed E-state index contributed by atoms with van der Waals surface area (Å²) < 4.78 is 0. The number of aliphatic carboxylic acids is 1. The van der Waals surface area contributed by atoms with Crippen LogP contribution >= 0.6 is 11.8 Å². The number of benzene rings is 1. The van der Waals surface area contributed by atoms with Gasteiger partial charge in [-0.3, -0.25) is 14.4 Å². The van der Waals surface area contributed by atoms with E-state index in [1.807, 2.05) is 6.26 Å². The normalized spacial score (nSPS) is 17.4. The highest BCUT2D eigenvalue weighted by molar-refractivity contribution is 7.98. The molecule has 4 unspecified atom stereocenters. The Kier molecular flexibility index (Phi) is 10.5. The molecule has 7 N–H and O–H groups in total. The smallest absolute Gasteiger partial charge is 0.326 e. The van der Waals surface area contributed by atoms with Crippen LogP contribution in [0.4, 0.5) is 0 Å². The fourth-order valence-corrected chi connectivity index (χ4v) is 4.80. The molecule has 12 nitrogen and oxygen atoms in total. The molecule has 0 saturated carbocycles. The molecule has 0 aliphatic carbocycles. The maximum Gasteiger partial charge on any atom is 0.326 e. The van der Waals surface area contributed by atoms with E-state index < -0.39 is 47.9 Å². The number of amides is 3. The Labute approximate surface area is 224 Å². The van der Waals surface area contributed by atoms with Crippen molar-refractivity contribution in [2.45, 2.75) is 56.3 Å². The number of carbonyl (C=O) groups is 4. The first-order valence-electron chi connectivity index (χ1n) is 12.3. The van der Waals surface area contributed by atoms with Gasteiger partial charge in [0.2, 0.25) is 17.7 Å². The second-order valence-corrected chi connectivity index (χ2v) is 10.2. The number of aromatic nitrogens is 2. The van der Waals surface area contributed by atoms with Crippen LogP contribution in [0.25, 0.3) is 0 Å². The molecule has 1 fully saturated rings. The van der Waals surface area contributed by atoms with Crippen molar-refractivity contribution in [1.29, 1.82) is 0 Å². The maximum atomic E-state index is 13.6. The summed E-state index contributed by atoms with van der Waals surface area (Å²) in [6.07, 6.45) is 6.43. The van der Waals surface area contributed by atoms with Crippen molar-refractivity contribution in [2.75, 3.05) is 18.6 Å². The quantitative estimate of drug-likeness (QED) is 0.201. The highest BCUT2D eigenvalue weighted by Crippen LogP contribution is 2.20. The van der Waals surface area contributed by atoms with Gasteiger partial charge in [-0.15, -0.1) is 0 Å². The number of thioether (sulfide) groups is 1. The van der Waals surface area contributed by atoms with E-state index in [4.69, 9.17) is 5.73 Å². The topological polar surface area (TPSA) is 191 Å². The molecule has 1 aromatic heterocycles. The van der Waals surface area contributed by atoms with Gasteiger partial charge in [-0.2, -0.15) is 11.8 Å². The molecule has 1 aromatic carbocycles. The molecule has 1 saturated heterocycles. The van der Waals surface area contributed by atoms with Gasteiger partial charge in [0, 0.05) is 31.3 Å². The third-order valence-corrected chi connectivity index (χ3v) is 7.04. The number of carboxylic acid groups (broad SMARTS) is 1. The van der Waals surface area contributed by atoms with Crippen LogP contribution < -0.4 is 16.4 Å². The molecule has 206 valence electrons. The number of aromatic amines is 1. The number of carbonyl (C=O) groups excluding carboxylic acids is 3. The van der Waals surface area contributed by atoms with E-state index in [1.54, 1.807) is 30.1 Å². The standard InChI is InChI=1S/C25H34N6O6S/c1-38-10-8-18(26)22(33)29-19(12-16-13-27-14-28-16)24(35)31-9-2-3-21(31)23(34)30-20(25(36)37)11-15-4-6-17(32)7-5-15/h4-7,13-14,18-21,32H,2-3,8-12,26H2,1H3,(H,27,28)(H,29,33)(H,30,34)(H,36,37). The number of imidazole rings is 1. The predicted molar refractivity (Wildman–Crippen MR) is 141 cm³/mol. The van der Waals surface area contributed by atoms with Crippen molar-refractivity contribution in [2.24, 2.45) is 5.73 Å². The summed E-state index contributed by atoms with van der Waals surface area (Å²) in [5, 5.41) is 24.4. The number of phenolic OH excluding ortho intramolecular Hbond substituents is 1. The Morgan fingerprint density at radius 2 is 1.92 bits per heavy atom. The third-order valence-electron chi connectivity index (χ3n) is 6.39. The first-order valence-corrected chi connectivity index (χ1v) is 13.7. The van der Waals surface area contributed by atoms with Gasteiger partial charge in [-0.05, 0) is 49.0 Å². The van der Waals surface area contributed by atoms with Crippen molar-refractivity contribution in [3.63, 3.8) is 0 Å². The monoisotopic (exact) mass is 546 g/mol. The van der Waals surface area contributed by atoms with Crippen molar-refractivity contribution < 1.29 is 29.4 Å². The number of nitrogens with two attached hydrogens (primary N) is 1. The van der Waals surface area contributed by atoms with Gasteiger partial charge in [0.1, 0.15) is 23.9 Å². The Hall–Kier alpha value is -3.58. The minimum absolute atomic E-state index is 0.00839. The van der Waals surface area contributed by atoms with Gasteiger partial charge in [0.05, 0.1) is 12.4 Å². The molecule has 3 rings (SSSR count). The van der Waals surface area contributed by atoms with Crippen molar-refractivity contribution >= 4 is 35.5 Å². The first kappa shape index (κ1) is 29.0. The van der Waals surface area contributed by atoms with Gasteiger partial charge in [-0.1, -0.05) is 12.1 Å². The van der Waals surface area contributed by atoms with Crippen molar-refractivity contribution in [1.82, 2.24) is 25.5 Å². The highest BCUT2D eigenvalue weighted by atomic mass is 32.2. The lowest BCUT2D eigenvalue weighted by atomic mass is 10.0. The molecule has 13 heteroatoms. The van der Waals surface area contributed by atoms with Crippen LogP contribution in [0.2, 0.25) is 0 Å². The van der Waals surface area contributed by atoms with Gasteiger partial charge >= 0.3 is 5.97 Å². The van der Waals surface area contributed by atoms with Crippen LogP contribution in [0.1, 0.15) is 30.5 Å². The number of rotatable bonds is 13. The molecule has 1 aliphatic rings. The molecule has 2 heterocycles. The zero-order valence-corrected chi connectivity index (χ0v) is 21.9. The van der Waals surface area contributed by atoms with Crippen LogP contribution in [0, 0.1) is 0 Å². The molecule has 0 bridgehead atoms. The van der Waals surface area contributed by atoms with Gasteiger partial charge < -0.3 is 36.5 Å². The van der Waals surface area contributed by atoms with Crippen LogP contribution in [-0.2, 0) is 32.0 Å². The molecule has 0 radical (unpaired) electrons. The Morgan fingerprint density at radius 1 is 1.18 bits per heavy atom. The van der Waals surface area contributed by atoms with Crippen LogP contribution in [0.3, 0.4) is 0 Å². The molecule has 0 spiro atoms. The zero-order chi connectivity index (χ0) is 27.7. The van der Waals surface area contributed by atoms with Gasteiger partial charge in [-0.25, -0.2) is 9.78 Å². The predicted octanol–water partition coefficient (Wildman–Crippen LogP) is 0.0261. The van der Waals surface area contributed by atoms with Crippen molar-refractivity contribution in [3.05, 3.63) is 48.0 Å². The van der Waals surface area contributed by atoms with Crippen LogP contribution in [0.5, 0.6) is 5.75 Å². The van der Waals surface area contributed by atoms with E-state index in [9.17, 15) is 29.4 Å². The summed E-state index contributed by atoms with van der Waals surface area (Å²) in [4.78, 5) is 59.7. The summed E-state index contributed by atoms with van der Waals surface area (Å²) in [6, 6.07) is 2.17. The third kappa shape index (κ3) is 7.96. The lowest BCUT2D eigenvalue weighted by Crippen LogP contribution is -2.57. The number of hydrogen-bond acceptors (Lipinski definition) is 8. The molecule has 38 heavy (non-hydrogen) atoms. The summed E-state index contributed by atoms with van der Waals surface area (Å²) >= 11 is 1.56. The number of aromatic hydroxyl groups is 1. The van der Waals surface area contributed by atoms with E-state index in [1.165, 1.54) is 23.4 Å². The second kappa shape index (κ2) is 13.8. The van der Waals surface area contributed by atoms with Crippen LogP contribution in [0.15, 0.2) is 36.8 Å². The summed E-state index contributed by atoms with van der Waals surface area (Å²) in [5.41, 5.74) is 7.25. The number of nitrogens with zero attached hydrogens (tertiary/aromatic N) is 2. The summed E-state index contributed by atoms with van der Waals surface area (Å²) in [7, 11) is 0. The highest BCUT2D eigenvalue weighted by Gasteiger charge is 2.39.